The molecule has 0 aliphatic heterocycles. The van der Waals surface area contributed by atoms with Crippen molar-refractivity contribution in [3.63, 3.8) is 0 Å². The van der Waals surface area contributed by atoms with E-state index in [9.17, 15) is 0 Å². The van der Waals surface area contributed by atoms with Crippen molar-refractivity contribution in [1.82, 2.24) is 0 Å². The molecule has 164 valence electrons. The van der Waals surface area contributed by atoms with Crippen LogP contribution in [0.4, 0.5) is 5.69 Å². The SMILES string of the molecule is [C-]#[N+]c1ccc2c(oc3c(-c4cc([Si](C)(C)C)c5ccccc5[n+]4C)c(C)c(C)cc32)c1C. The summed E-state index contributed by atoms with van der Waals surface area (Å²) in [6.07, 6.45) is 0. The standard InChI is InChI=1S/C29H29N2OSi/c1-17-15-22-20-13-14-23(30-4)19(3)28(20)32-29(22)27(18(17)2)25-16-26(33(6,7)8)21-11-9-10-12-24(21)31(25)5/h9-16H,1-3,5-8H3/q+1. The van der Waals surface area contributed by atoms with Gasteiger partial charge in [0.05, 0.1) is 20.2 Å². The van der Waals surface area contributed by atoms with E-state index in [0.717, 1.165) is 33.1 Å². The van der Waals surface area contributed by atoms with Gasteiger partial charge in [-0.05, 0) is 54.8 Å². The lowest BCUT2D eigenvalue weighted by Gasteiger charge is -2.20. The van der Waals surface area contributed by atoms with Crippen molar-refractivity contribution < 1.29 is 8.98 Å². The molecule has 0 amide bonds. The highest BCUT2D eigenvalue weighted by atomic mass is 28.3. The first-order valence-electron chi connectivity index (χ1n) is 11.4. The van der Waals surface area contributed by atoms with Gasteiger partial charge in [-0.1, -0.05) is 43.9 Å². The maximum atomic E-state index is 7.51. The first-order chi connectivity index (χ1) is 15.6. The molecule has 3 nitrogen and oxygen atoms in total. The van der Waals surface area contributed by atoms with E-state index in [1.165, 1.54) is 32.9 Å². The second kappa shape index (κ2) is 7.30. The second-order valence-electron chi connectivity index (χ2n) is 10.1. The topological polar surface area (TPSA) is 21.4 Å². The van der Waals surface area contributed by atoms with Crippen molar-refractivity contribution >= 4 is 51.8 Å². The molecule has 33 heavy (non-hydrogen) atoms. The summed E-state index contributed by atoms with van der Waals surface area (Å²) in [7, 11) is 0.543. The molecule has 0 atom stereocenters. The number of hydrogen-bond donors (Lipinski definition) is 0. The molecular formula is C29H29N2OSi+. The molecule has 0 unspecified atom stereocenters. The summed E-state index contributed by atoms with van der Waals surface area (Å²) in [6, 6.07) is 17.3. The van der Waals surface area contributed by atoms with E-state index in [1.807, 2.05) is 19.1 Å². The van der Waals surface area contributed by atoms with Gasteiger partial charge in [-0.25, -0.2) is 4.85 Å². The second-order valence-corrected chi connectivity index (χ2v) is 15.2. The highest BCUT2D eigenvalue weighted by Gasteiger charge is 2.29. The molecule has 0 saturated heterocycles. The Morgan fingerprint density at radius 1 is 0.848 bits per heavy atom. The summed E-state index contributed by atoms with van der Waals surface area (Å²) in [5.41, 5.74) is 9.33. The molecule has 0 bridgehead atoms. The van der Waals surface area contributed by atoms with Gasteiger partial charge >= 0.3 is 0 Å². The number of nitrogens with zero attached hydrogens (tertiary/aromatic N) is 2. The maximum absolute atomic E-state index is 7.51. The number of para-hydroxylation sites is 1. The van der Waals surface area contributed by atoms with Crippen LogP contribution in [0.5, 0.6) is 0 Å². The maximum Gasteiger partial charge on any atom is 0.216 e. The predicted octanol–water partition coefficient (Wildman–Crippen LogP) is 7.25. The van der Waals surface area contributed by atoms with Crippen LogP contribution in [0.15, 0.2) is 52.9 Å². The van der Waals surface area contributed by atoms with Crippen molar-refractivity contribution in [1.29, 1.82) is 0 Å². The fraction of sp³-hybridized carbons (Fsp3) is 0.241. The van der Waals surface area contributed by atoms with E-state index < -0.39 is 8.07 Å². The predicted molar refractivity (Wildman–Crippen MR) is 141 cm³/mol. The number of hydrogen-bond acceptors (Lipinski definition) is 1. The van der Waals surface area contributed by atoms with Crippen LogP contribution in [-0.2, 0) is 7.05 Å². The van der Waals surface area contributed by atoms with Crippen LogP contribution in [0.2, 0.25) is 19.6 Å². The van der Waals surface area contributed by atoms with Gasteiger partial charge in [0.1, 0.15) is 18.2 Å². The molecule has 0 spiro atoms. The minimum atomic E-state index is -1.61. The molecular weight excluding hydrogens is 420 g/mol. The van der Waals surface area contributed by atoms with Crippen molar-refractivity contribution in [3.05, 3.63) is 76.6 Å². The minimum absolute atomic E-state index is 0.647. The number of fused-ring (bicyclic) bond motifs is 4. The van der Waals surface area contributed by atoms with E-state index in [0.29, 0.717) is 5.69 Å². The zero-order valence-electron chi connectivity index (χ0n) is 20.4. The Bertz CT molecular complexity index is 1650. The van der Waals surface area contributed by atoms with Crippen LogP contribution in [0.3, 0.4) is 0 Å². The Kier molecular flexibility index (Phi) is 4.74. The Balaban J connectivity index is 1.98. The monoisotopic (exact) mass is 449 g/mol. The molecule has 0 N–H and O–H groups in total. The van der Waals surface area contributed by atoms with Crippen molar-refractivity contribution in [2.75, 3.05) is 0 Å². The average molecular weight is 450 g/mol. The molecule has 5 aromatic rings. The molecule has 5 rings (SSSR count). The smallest absolute Gasteiger partial charge is 0.216 e. The molecule has 3 aromatic carbocycles. The molecule has 0 aliphatic carbocycles. The highest BCUT2D eigenvalue weighted by Crippen LogP contribution is 2.41. The minimum Gasteiger partial charge on any atom is -0.456 e. The lowest BCUT2D eigenvalue weighted by molar-refractivity contribution is -0.633. The van der Waals surface area contributed by atoms with E-state index in [2.05, 4.69) is 86.3 Å². The van der Waals surface area contributed by atoms with Crippen LogP contribution in [0, 0.1) is 27.3 Å². The van der Waals surface area contributed by atoms with Gasteiger partial charge in [-0.2, -0.15) is 4.57 Å². The van der Waals surface area contributed by atoms with E-state index in [-0.39, 0.29) is 0 Å². The summed E-state index contributed by atoms with van der Waals surface area (Å²) in [4.78, 5) is 3.68. The Morgan fingerprint density at radius 2 is 1.58 bits per heavy atom. The van der Waals surface area contributed by atoms with E-state index >= 15 is 0 Å². The molecule has 2 aromatic heterocycles. The number of furan rings is 1. The van der Waals surface area contributed by atoms with Gasteiger partial charge in [-0.15, -0.1) is 0 Å². The van der Waals surface area contributed by atoms with Gasteiger partial charge in [0.15, 0.2) is 5.69 Å². The Labute approximate surface area is 196 Å². The molecule has 0 saturated carbocycles. The number of benzene rings is 3. The quantitative estimate of drug-likeness (QED) is 0.158. The van der Waals surface area contributed by atoms with Crippen molar-refractivity contribution in [2.45, 2.75) is 40.4 Å². The third kappa shape index (κ3) is 3.11. The average Bonchev–Trinajstić information content (AvgIpc) is 3.14. The van der Waals surface area contributed by atoms with Crippen LogP contribution in [0.1, 0.15) is 16.7 Å². The summed E-state index contributed by atoms with van der Waals surface area (Å²) in [6.45, 7) is 21.1. The first-order valence-corrected chi connectivity index (χ1v) is 14.9. The molecule has 0 aliphatic rings. The van der Waals surface area contributed by atoms with Crippen molar-refractivity contribution in [2.24, 2.45) is 7.05 Å². The number of aromatic nitrogens is 1. The summed E-state index contributed by atoms with van der Waals surface area (Å²) in [5, 5.41) is 4.99. The molecule has 4 heteroatoms. The highest BCUT2D eigenvalue weighted by molar-refractivity contribution is 6.90. The van der Waals surface area contributed by atoms with Gasteiger partial charge in [0, 0.05) is 28.3 Å². The van der Waals surface area contributed by atoms with E-state index in [1.54, 1.807) is 0 Å². The van der Waals surface area contributed by atoms with Gasteiger partial charge in [-0.3, -0.25) is 0 Å². The van der Waals surface area contributed by atoms with E-state index in [4.69, 9.17) is 11.0 Å². The zero-order chi connectivity index (χ0) is 23.7. The normalized spacial score (nSPS) is 12.1. The Morgan fingerprint density at radius 3 is 2.27 bits per heavy atom. The summed E-state index contributed by atoms with van der Waals surface area (Å²) < 4.78 is 8.90. The molecule has 0 fully saturated rings. The molecule has 0 radical (unpaired) electrons. The van der Waals surface area contributed by atoms with Gasteiger partial charge < -0.3 is 4.42 Å². The fourth-order valence-electron chi connectivity index (χ4n) is 5.05. The summed E-state index contributed by atoms with van der Waals surface area (Å²) >= 11 is 0. The largest absolute Gasteiger partial charge is 0.456 e. The lowest BCUT2D eigenvalue weighted by Crippen LogP contribution is -2.43. The van der Waals surface area contributed by atoms with Crippen molar-refractivity contribution in [3.8, 4) is 11.3 Å². The van der Waals surface area contributed by atoms with Gasteiger partial charge in [0.2, 0.25) is 11.2 Å². The Hall–Kier alpha value is -3.42. The number of rotatable bonds is 2. The van der Waals surface area contributed by atoms with Crippen LogP contribution < -0.4 is 9.75 Å². The fourth-order valence-corrected chi connectivity index (χ4v) is 6.64. The molecule has 2 heterocycles. The number of aryl methyl sites for hydroxylation is 3. The van der Waals surface area contributed by atoms with Crippen LogP contribution in [-0.4, -0.2) is 8.07 Å². The third-order valence-electron chi connectivity index (χ3n) is 7.05. The van der Waals surface area contributed by atoms with Gasteiger partial charge in [0.25, 0.3) is 0 Å². The number of pyridine rings is 1. The lowest BCUT2D eigenvalue weighted by atomic mass is 9.95. The zero-order valence-corrected chi connectivity index (χ0v) is 21.4. The third-order valence-corrected chi connectivity index (χ3v) is 9.08. The summed E-state index contributed by atoms with van der Waals surface area (Å²) in [5.74, 6) is 0. The first kappa shape index (κ1) is 21.4. The van der Waals surface area contributed by atoms with Crippen LogP contribution in [0.25, 0.3) is 48.9 Å². The van der Waals surface area contributed by atoms with Crippen LogP contribution >= 0.6 is 0 Å².